The van der Waals surface area contributed by atoms with Crippen LogP contribution in [-0.2, 0) is 0 Å². The Kier molecular flexibility index (Phi) is 5.33. The third kappa shape index (κ3) is 3.80. The highest BCUT2D eigenvalue weighted by Crippen LogP contribution is 2.34. The van der Waals surface area contributed by atoms with E-state index in [0.717, 1.165) is 6.07 Å². The molecule has 9 heteroatoms. The highest BCUT2D eigenvalue weighted by atomic mass is 19.2. The average molecular weight is 402 g/mol. The summed E-state index contributed by atoms with van der Waals surface area (Å²) < 4.78 is 77.5. The molecule has 0 spiro atoms. The summed E-state index contributed by atoms with van der Waals surface area (Å²) >= 11 is 0. The molecule has 3 rings (SSSR count). The molecular weight excluding hydrogens is 395 g/mol. The van der Waals surface area contributed by atoms with Crippen LogP contribution in [0.4, 0.5) is 22.0 Å². The second kappa shape index (κ2) is 7.87. The maximum absolute atomic E-state index is 13.8. The number of hydrogen-bond donors (Lipinski definition) is 0. The van der Waals surface area contributed by atoms with Gasteiger partial charge in [-0.3, -0.25) is 0 Å². The number of halogens is 5. The van der Waals surface area contributed by atoms with Gasteiger partial charge in [0.1, 0.15) is 29.4 Å². The predicted octanol–water partition coefficient (Wildman–Crippen LogP) is 5.71. The van der Waals surface area contributed by atoms with E-state index in [4.69, 9.17) is 20.0 Å². The molecule has 4 nitrogen and oxygen atoms in total. The number of benzene rings is 3. The molecule has 0 aromatic heterocycles. The van der Waals surface area contributed by atoms with Crippen LogP contribution in [0.1, 0.15) is 11.1 Å². The van der Waals surface area contributed by atoms with Crippen molar-refractivity contribution in [3.8, 4) is 35.1 Å². The number of rotatable bonds is 4. The van der Waals surface area contributed by atoms with E-state index in [0.29, 0.717) is 0 Å². The molecule has 0 saturated heterocycles. The molecule has 0 bridgehead atoms. The average Bonchev–Trinajstić information content (AvgIpc) is 2.74. The van der Waals surface area contributed by atoms with Crippen LogP contribution < -0.4 is 9.47 Å². The van der Waals surface area contributed by atoms with Gasteiger partial charge in [-0.15, -0.1) is 0 Å². The van der Waals surface area contributed by atoms with Gasteiger partial charge in [-0.05, 0) is 30.3 Å². The molecule has 3 aromatic rings. The second-order valence-corrected chi connectivity index (χ2v) is 5.51. The van der Waals surface area contributed by atoms with E-state index < -0.39 is 34.8 Å². The van der Waals surface area contributed by atoms with E-state index in [1.807, 2.05) is 12.1 Å². The Morgan fingerprint density at radius 2 is 1.10 bits per heavy atom. The van der Waals surface area contributed by atoms with Crippen LogP contribution in [0.2, 0.25) is 0 Å². The van der Waals surface area contributed by atoms with E-state index in [2.05, 4.69) is 0 Å². The van der Waals surface area contributed by atoms with Gasteiger partial charge in [0.2, 0.25) is 34.8 Å². The van der Waals surface area contributed by atoms with E-state index in [-0.39, 0.29) is 28.4 Å². The Labute approximate surface area is 160 Å². The zero-order valence-electron chi connectivity index (χ0n) is 14.1. The number of hydrogen-bond acceptors (Lipinski definition) is 4. The Morgan fingerprint density at radius 3 is 1.69 bits per heavy atom. The van der Waals surface area contributed by atoms with Crippen LogP contribution in [0.25, 0.3) is 0 Å². The smallest absolute Gasteiger partial charge is 0.207 e. The summed E-state index contributed by atoms with van der Waals surface area (Å²) in [5.74, 6) is -12.2. The molecular formula is C20H7F5N2O2. The van der Waals surface area contributed by atoms with Crippen LogP contribution in [-0.4, -0.2) is 0 Å². The fourth-order valence-corrected chi connectivity index (χ4v) is 2.31. The second-order valence-electron chi connectivity index (χ2n) is 5.51. The molecule has 0 aliphatic rings. The summed E-state index contributed by atoms with van der Waals surface area (Å²) in [7, 11) is 0. The van der Waals surface area contributed by atoms with Gasteiger partial charge in [-0.25, -0.2) is 13.2 Å². The standard InChI is InChI=1S/C20H7F5N2O2/c21-15-16(22)18(24)20(19(25)17(15)23)29-13-3-1-2-12(7-13)28-14-5-4-10(8-26)11(6-14)9-27/h1-7H. The van der Waals surface area contributed by atoms with Crippen molar-refractivity contribution in [2.24, 2.45) is 0 Å². The van der Waals surface area contributed by atoms with Crippen molar-refractivity contribution in [3.63, 3.8) is 0 Å². The van der Waals surface area contributed by atoms with Crippen LogP contribution in [0.5, 0.6) is 23.0 Å². The summed E-state index contributed by atoms with van der Waals surface area (Å²) in [5.41, 5.74) is 0.210. The first-order valence-electron chi connectivity index (χ1n) is 7.77. The molecule has 3 aromatic carbocycles. The van der Waals surface area contributed by atoms with Gasteiger partial charge in [0, 0.05) is 6.07 Å². The van der Waals surface area contributed by atoms with Crippen LogP contribution in [0, 0.1) is 51.7 Å². The summed E-state index contributed by atoms with van der Waals surface area (Å²) in [4.78, 5) is 0. The van der Waals surface area contributed by atoms with Crippen molar-refractivity contribution in [2.75, 3.05) is 0 Å². The molecule has 0 fully saturated rings. The quantitative estimate of drug-likeness (QED) is 0.319. The normalized spacial score (nSPS) is 10.2. The lowest BCUT2D eigenvalue weighted by atomic mass is 10.1. The molecule has 0 saturated carbocycles. The van der Waals surface area contributed by atoms with Gasteiger partial charge in [0.05, 0.1) is 11.1 Å². The monoisotopic (exact) mass is 402 g/mol. The fraction of sp³-hybridized carbons (Fsp3) is 0. The topological polar surface area (TPSA) is 66.0 Å². The molecule has 0 aliphatic heterocycles. The van der Waals surface area contributed by atoms with Crippen molar-refractivity contribution in [1.82, 2.24) is 0 Å². The van der Waals surface area contributed by atoms with Gasteiger partial charge >= 0.3 is 0 Å². The Bertz CT molecular complexity index is 1170. The molecule has 29 heavy (non-hydrogen) atoms. The molecule has 0 amide bonds. The Balaban J connectivity index is 1.91. The van der Waals surface area contributed by atoms with Crippen molar-refractivity contribution < 1.29 is 31.4 Å². The van der Waals surface area contributed by atoms with Gasteiger partial charge in [0.25, 0.3) is 0 Å². The lowest BCUT2D eigenvalue weighted by Gasteiger charge is -2.11. The number of nitriles is 2. The van der Waals surface area contributed by atoms with Crippen molar-refractivity contribution in [2.45, 2.75) is 0 Å². The van der Waals surface area contributed by atoms with Gasteiger partial charge in [-0.2, -0.15) is 19.3 Å². The van der Waals surface area contributed by atoms with E-state index >= 15 is 0 Å². The van der Waals surface area contributed by atoms with E-state index in [1.54, 1.807) is 0 Å². The first-order chi connectivity index (χ1) is 13.8. The minimum absolute atomic E-state index is 0.0683. The van der Waals surface area contributed by atoms with E-state index in [1.165, 1.54) is 36.4 Å². The first-order valence-corrected chi connectivity index (χ1v) is 7.77. The summed E-state index contributed by atoms with van der Waals surface area (Å²) in [6, 6.07) is 12.9. The highest BCUT2D eigenvalue weighted by molar-refractivity contribution is 5.50. The number of nitrogens with zero attached hydrogens (tertiary/aromatic N) is 2. The lowest BCUT2D eigenvalue weighted by molar-refractivity contribution is 0.331. The Hall–Kier alpha value is -4.11. The third-order valence-electron chi connectivity index (χ3n) is 3.66. The third-order valence-corrected chi connectivity index (χ3v) is 3.66. The lowest BCUT2D eigenvalue weighted by Crippen LogP contribution is -2.04. The summed E-state index contributed by atoms with van der Waals surface area (Å²) in [6.45, 7) is 0. The molecule has 0 unspecified atom stereocenters. The SMILES string of the molecule is N#Cc1ccc(Oc2cccc(Oc3c(F)c(F)c(F)c(F)c3F)c2)cc1C#N. The maximum Gasteiger partial charge on any atom is 0.207 e. The van der Waals surface area contributed by atoms with Crippen LogP contribution >= 0.6 is 0 Å². The van der Waals surface area contributed by atoms with Crippen LogP contribution in [0.15, 0.2) is 42.5 Å². The summed E-state index contributed by atoms with van der Waals surface area (Å²) in [6.07, 6.45) is 0. The van der Waals surface area contributed by atoms with Gasteiger partial charge in [0.15, 0.2) is 0 Å². The van der Waals surface area contributed by atoms with Gasteiger partial charge in [-0.1, -0.05) is 6.07 Å². The molecule has 144 valence electrons. The number of ether oxygens (including phenoxy) is 2. The largest absolute Gasteiger partial charge is 0.457 e. The summed E-state index contributed by atoms with van der Waals surface area (Å²) in [5, 5.41) is 17.9. The van der Waals surface area contributed by atoms with Crippen LogP contribution in [0.3, 0.4) is 0 Å². The zero-order valence-corrected chi connectivity index (χ0v) is 14.1. The van der Waals surface area contributed by atoms with Gasteiger partial charge < -0.3 is 9.47 Å². The highest BCUT2D eigenvalue weighted by Gasteiger charge is 2.27. The molecule has 0 aliphatic carbocycles. The zero-order chi connectivity index (χ0) is 21.1. The minimum Gasteiger partial charge on any atom is -0.457 e. The van der Waals surface area contributed by atoms with E-state index in [9.17, 15) is 22.0 Å². The van der Waals surface area contributed by atoms with Crippen molar-refractivity contribution in [1.29, 1.82) is 10.5 Å². The maximum atomic E-state index is 13.8. The fourth-order valence-electron chi connectivity index (χ4n) is 2.31. The molecule has 0 N–H and O–H groups in total. The molecule has 0 atom stereocenters. The van der Waals surface area contributed by atoms with Crippen molar-refractivity contribution in [3.05, 3.63) is 82.7 Å². The van der Waals surface area contributed by atoms with Crippen molar-refractivity contribution >= 4 is 0 Å². The Morgan fingerprint density at radius 1 is 0.586 bits per heavy atom. The first kappa shape index (κ1) is 19.6. The minimum atomic E-state index is -2.29. The predicted molar refractivity (Wildman–Crippen MR) is 88.7 cm³/mol. The molecule has 0 radical (unpaired) electrons. The molecule has 0 heterocycles.